The predicted octanol–water partition coefficient (Wildman–Crippen LogP) is 2.03. The number of urea groups is 2. The minimum atomic E-state index is -0.153. The van der Waals surface area contributed by atoms with Gasteiger partial charge in [0.05, 0.1) is 0 Å². The molecule has 0 radical (unpaired) electrons. The number of unbranched alkanes of at least 4 members (excludes halogenated alkanes) is 2. The quantitative estimate of drug-likeness (QED) is 0.410. The van der Waals surface area contributed by atoms with Crippen molar-refractivity contribution in [1.29, 1.82) is 0 Å². The molecule has 2 aromatic heterocycles. The predicted molar refractivity (Wildman–Crippen MR) is 113 cm³/mol. The first-order valence-electron chi connectivity index (χ1n) is 10.1. The minimum Gasteiger partial charge on any atom is -0.338 e. The van der Waals surface area contributed by atoms with Crippen LogP contribution in [-0.4, -0.2) is 48.2 Å². The van der Waals surface area contributed by atoms with Gasteiger partial charge in [0.15, 0.2) is 0 Å². The van der Waals surface area contributed by atoms with Crippen LogP contribution in [0.4, 0.5) is 9.59 Å². The summed E-state index contributed by atoms with van der Waals surface area (Å²) in [6, 6.07) is 7.44. The van der Waals surface area contributed by atoms with Gasteiger partial charge in [0.2, 0.25) is 0 Å². The molecule has 4 N–H and O–H groups in total. The molecular weight excluding hydrogens is 368 g/mol. The molecule has 0 saturated carbocycles. The zero-order chi connectivity index (χ0) is 20.6. The standard InChI is InChI=1S/C21H30N6O2/c28-20(26-14-8-18-6-4-10-22-16-18)24-12-2-1-3-13-25-21(29)27-15-9-19-7-5-11-23-17-19/h4-7,10-11,16-17H,1-3,8-9,12-15H2,(H2,24,26,28)(H2,25,27,29). The summed E-state index contributed by atoms with van der Waals surface area (Å²) in [5.74, 6) is 0. The van der Waals surface area contributed by atoms with Gasteiger partial charge in [0, 0.05) is 51.0 Å². The fourth-order valence-electron chi connectivity index (χ4n) is 2.69. The first kappa shape index (κ1) is 22.1. The molecule has 8 heteroatoms. The van der Waals surface area contributed by atoms with Crippen molar-refractivity contribution < 1.29 is 9.59 Å². The van der Waals surface area contributed by atoms with Gasteiger partial charge in [-0.1, -0.05) is 12.1 Å². The molecule has 0 aliphatic heterocycles. The highest BCUT2D eigenvalue weighted by Crippen LogP contribution is 1.96. The van der Waals surface area contributed by atoms with Gasteiger partial charge < -0.3 is 21.3 Å². The molecule has 2 rings (SSSR count). The number of nitrogens with one attached hydrogen (secondary N) is 4. The Hall–Kier alpha value is -3.16. The first-order chi connectivity index (χ1) is 14.2. The molecule has 0 spiro atoms. The molecule has 0 aliphatic carbocycles. The van der Waals surface area contributed by atoms with Gasteiger partial charge in [-0.05, 0) is 55.4 Å². The fourth-order valence-corrected chi connectivity index (χ4v) is 2.69. The Morgan fingerprint density at radius 1 is 0.655 bits per heavy atom. The summed E-state index contributed by atoms with van der Waals surface area (Å²) in [6.07, 6.45) is 11.3. The van der Waals surface area contributed by atoms with Crippen molar-refractivity contribution in [3.05, 3.63) is 60.2 Å². The molecular formula is C21H30N6O2. The zero-order valence-electron chi connectivity index (χ0n) is 16.7. The van der Waals surface area contributed by atoms with Gasteiger partial charge in [-0.2, -0.15) is 0 Å². The lowest BCUT2D eigenvalue weighted by Gasteiger charge is -2.09. The Bertz CT molecular complexity index is 650. The van der Waals surface area contributed by atoms with Crippen molar-refractivity contribution in [2.24, 2.45) is 0 Å². The van der Waals surface area contributed by atoms with Crippen LogP contribution in [0.1, 0.15) is 30.4 Å². The molecule has 0 aliphatic rings. The number of carbonyl (C=O) groups is 2. The van der Waals surface area contributed by atoms with Crippen molar-refractivity contribution in [2.75, 3.05) is 26.2 Å². The minimum absolute atomic E-state index is 0.153. The summed E-state index contributed by atoms with van der Waals surface area (Å²) < 4.78 is 0. The Labute approximate surface area is 171 Å². The normalized spacial score (nSPS) is 10.2. The van der Waals surface area contributed by atoms with E-state index >= 15 is 0 Å². The van der Waals surface area contributed by atoms with Crippen molar-refractivity contribution >= 4 is 12.1 Å². The van der Waals surface area contributed by atoms with Crippen LogP contribution in [0, 0.1) is 0 Å². The second-order valence-corrected chi connectivity index (χ2v) is 6.65. The summed E-state index contributed by atoms with van der Waals surface area (Å²) in [4.78, 5) is 31.5. The molecule has 156 valence electrons. The second kappa shape index (κ2) is 13.9. The number of hydrogen-bond acceptors (Lipinski definition) is 4. The average Bonchev–Trinajstić information content (AvgIpc) is 2.74. The molecule has 0 unspecified atom stereocenters. The van der Waals surface area contributed by atoms with E-state index in [9.17, 15) is 9.59 Å². The molecule has 29 heavy (non-hydrogen) atoms. The van der Waals surface area contributed by atoms with Crippen LogP contribution in [0.5, 0.6) is 0 Å². The second-order valence-electron chi connectivity index (χ2n) is 6.65. The number of aromatic nitrogens is 2. The highest BCUT2D eigenvalue weighted by molar-refractivity contribution is 5.74. The van der Waals surface area contributed by atoms with Gasteiger partial charge in [0.1, 0.15) is 0 Å². The molecule has 2 heterocycles. The maximum Gasteiger partial charge on any atom is 0.314 e. The Morgan fingerprint density at radius 2 is 1.10 bits per heavy atom. The fraction of sp³-hybridized carbons (Fsp3) is 0.429. The molecule has 4 amide bonds. The van der Waals surface area contributed by atoms with E-state index < -0.39 is 0 Å². The summed E-state index contributed by atoms with van der Waals surface area (Å²) in [7, 11) is 0. The molecule has 0 fully saturated rings. The van der Waals surface area contributed by atoms with Crippen molar-refractivity contribution in [3.63, 3.8) is 0 Å². The highest BCUT2D eigenvalue weighted by atomic mass is 16.2. The van der Waals surface area contributed by atoms with Gasteiger partial charge in [-0.25, -0.2) is 9.59 Å². The van der Waals surface area contributed by atoms with Crippen molar-refractivity contribution in [3.8, 4) is 0 Å². The third kappa shape index (κ3) is 10.7. The highest BCUT2D eigenvalue weighted by Gasteiger charge is 2.01. The molecule has 0 bridgehead atoms. The van der Waals surface area contributed by atoms with Crippen LogP contribution in [-0.2, 0) is 12.8 Å². The van der Waals surface area contributed by atoms with Gasteiger partial charge in [0.25, 0.3) is 0 Å². The van der Waals surface area contributed by atoms with Gasteiger partial charge in [-0.3, -0.25) is 9.97 Å². The van der Waals surface area contributed by atoms with Crippen LogP contribution < -0.4 is 21.3 Å². The molecule has 2 aromatic rings. The molecule has 0 atom stereocenters. The SMILES string of the molecule is O=C(NCCCCCNC(=O)NCCc1cccnc1)NCCc1cccnc1. The zero-order valence-corrected chi connectivity index (χ0v) is 16.7. The van der Waals surface area contributed by atoms with Crippen LogP contribution in [0.25, 0.3) is 0 Å². The average molecular weight is 399 g/mol. The number of hydrogen-bond donors (Lipinski definition) is 4. The number of amides is 4. The summed E-state index contributed by atoms with van der Waals surface area (Å²) in [6.45, 7) is 2.40. The third-order valence-corrected chi connectivity index (χ3v) is 4.27. The topological polar surface area (TPSA) is 108 Å². The summed E-state index contributed by atoms with van der Waals surface area (Å²) in [5, 5.41) is 11.3. The lowest BCUT2D eigenvalue weighted by molar-refractivity contribution is 0.240. The Balaban J connectivity index is 1.37. The van der Waals surface area contributed by atoms with E-state index in [1.54, 1.807) is 24.8 Å². The number of pyridine rings is 2. The maximum absolute atomic E-state index is 11.7. The van der Waals surface area contributed by atoms with E-state index in [1.165, 1.54) is 0 Å². The lowest BCUT2D eigenvalue weighted by atomic mass is 10.2. The molecule has 0 saturated heterocycles. The van der Waals surface area contributed by atoms with Gasteiger partial charge >= 0.3 is 12.1 Å². The van der Waals surface area contributed by atoms with Crippen LogP contribution in [0.3, 0.4) is 0 Å². The van der Waals surface area contributed by atoms with Crippen molar-refractivity contribution in [1.82, 2.24) is 31.2 Å². The number of rotatable bonds is 12. The van der Waals surface area contributed by atoms with Crippen molar-refractivity contribution in [2.45, 2.75) is 32.1 Å². The number of carbonyl (C=O) groups excluding carboxylic acids is 2. The van der Waals surface area contributed by atoms with Crippen LogP contribution >= 0.6 is 0 Å². The third-order valence-electron chi connectivity index (χ3n) is 4.27. The van der Waals surface area contributed by atoms with E-state index in [1.807, 2.05) is 24.3 Å². The summed E-state index contributed by atoms with van der Waals surface area (Å²) in [5.41, 5.74) is 2.20. The van der Waals surface area contributed by atoms with Crippen LogP contribution in [0.15, 0.2) is 49.1 Å². The maximum atomic E-state index is 11.7. The molecule has 0 aromatic carbocycles. The van der Waals surface area contributed by atoms with E-state index in [0.29, 0.717) is 26.2 Å². The first-order valence-corrected chi connectivity index (χ1v) is 10.1. The lowest BCUT2D eigenvalue weighted by Crippen LogP contribution is -2.37. The largest absolute Gasteiger partial charge is 0.338 e. The smallest absolute Gasteiger partial charge is 0.314 e. The molecule has 8 nitrogen and oxygen atoms in total. The van der Waals surface area contributed by atoms with E-state index in [-0.39, 0.29) is 12.1 Å². The number of nitrogens with zero attached hydrogens (tertiary/aromatic N) is 2. The Morgan fingerprint density at radius 3 is 1.52 bits per heavy atom. The van der Waals surface area contributed by atoms with Crippen LogP contribution in [0.2, 0.25) is 0 Å². The summed E-state index contributed by atoms with van der Waals surface area (Å²) >= 11 is 0. The van der Waals surface area contributed by atoms with E-state index in [2.05, 4.69) is 31.2 Å². The van der Waals surface area contributed by atoms with E-state index in [0.717, 1.165) is 43.2 Å². The Kier molecular flexibility index (Phi) is 10.6. The van der Waals surface area contributed by atoms with Gasteiger partial charge in [-0.15, -0.1) is 0 Å². The monoisotopic (exact) mass is 398 g/mol. The van der Waals surface area contributed by atoms with E-state index in [4.69, 9.17) is 0 Å².